The molecular weight excluding hydrogens is 364 g/mol. The summed E-state index contributed by atoms with van der Waals surface area (Å²) in [5.74, 6) is 0. The summed E-state index contributed by atoms with van der Waals surface area (Å²) in [7, 11) is 0. The first-order chi connectivity index (χ1) is 11.6. The van der Waals surface area contributed by atoms with Crippen molar-refractivity contribution in [2.45, 2.75) is 38.6 Å². The predicted molar refractivity (Wildman–Crippen MR) is 102 cm³/mol. The molecule has 4 heteroatoms. The number of hydrogen-bond donors (Lipinski definition) is 1. The van der Waals surface area contributed by atoms with Crippen molar-refractivity contribution in [3.8, 4) is 0 Å². The number of benzene rings is 2. The third kappa shape index (κ3) is 3.99. The quantitative estimate of drug-likeness (QED) is 0.683. The van der Waals surface area contributed by atoms with Crippen LogP contribution in [0.3, 0.4) is 0 Å². The smallest absolute Gasteiger partial charge is 0.317 e. The summed E-state index contributed by atoms with van der Waals surface area (Å²) < 4.78 is 0.903. The molecule has 2 aromatic rings. The van der Waals surface area contributed by atoms with Crippen LogP contribution in [0.15, 0.2) is 53.0 Å². The zero-order chi connectivity index (χ0) is 16.9. The normalized spacial score (nSPS) is 18.1. The molecule has 3 nitrogen and oxygen atoms in total. The van der Waals surface area contributed by atoms with Crippen LogP contribution < -0.4 is 5.32 Å². The number of rotatable bonds is 2. The van der Waals surface area contributed by atoms with E-state index in [1.807, 2.05) is 29.2 Å². The SMILES string of the molecule is Cc1cccc([C@H]2CCCCCN2C(=O)Nc2ccccc2Br)c1. The van der Waals surface area contributed by atoms with Crippen molar-refractivity contribution in [1.82, 2.24) is 4.90 Å². The number of nitrogens with zero attached hydrogens (tertiary/aromatic N) is 1. The minimum Gasteiger partial charge on any atom is -0.317 e. The number of aryl methyl sites for hydroxylation is 1. The van der Waals surface area contributed by atoms with E-state index in [-0.39, 0.29) is 12.1 Å². The minimum absolute atomic E-state index is 0.0182. The van der Waals surface area contributed by atoms with Crippen LogP contribution in [0.4, 0.5) is 10.5 Å². The molecule has 1 fully saturated rings. The summed E-state index contributed by atoms with van der Waals surface area (Å²) in [6.07, 6.45) is 4.43. The van der Waals surface area contributed by atoms with Gasteiger partial charge in [0.25, 0.3) is 0 Å². The molecule has 1 aliphatic heterocycles. The fraction of sp³-hybridized carbons (Fsp3) is 0.350. The Labute approximate surface area is 152 Å². The summed E-state index contributed by atoms with van der Waals surface area (Å²) >= 11 is 3.50. The molecule has 0 saturated carbocycles. The number of halogens is 1. The third-order valence-corrected chi connectivity index (χ3v) is 5.25. The molecule has 0 radical (unpaired) electrons. The second-order valence-electron chi connectivity index (χ2n) is 6.38. The van der Waals surface area contributed by atoms with Crippen molar-refractivity contribution >= 4 is 27.6 Å². The number of likely N-dealkylation sites (tertiary alicyclic amines) is 1. The number of hydrogen-bond acceptors (Lipinski definition) is 1. The highest BCUT2D eigenvalue weighted by atomic mass is 79.9. The Morgan fingerprint density at radius 3 is 2.75 bits per heavy atom. The van der Waals surface area contributed by atoms with Gasteiger partial charge in [-0.2, -0.15) is 0 Å². The molecule has 0 aliphatic carbocycles. The molecule has 3 rings (SSSR count). The van der Waals surface area contributed by atoms with E-state index in [9.17, 15) is 4.79 Å². The summed E-state index contributed by atoms with van der Waals surface area (Å²) in [4.78, 5) is 14.9. The number of carbonyl (C=O) groups is 1. The second-order valence-corrected chi connectivity index (χ2v) is 7.24. The molecule has 0 aromatic heterocycles. The first kappa shape index (κ1) is 17.0. The van der Waals surface area contributed by atoms with Gasteiger partial charge >= 0.3 is 6.03 Å². The molecule has 1 heterocycles. The molecular formula is C20H23BrN2O. The van der Waals surface area contributed by atoms with E-state index in [1.165, 1.54) is 17.5 Å². The fourth-order valence-electron chi connectivity index (χ4n) is 3.32. The highest BCUT2D eigenvalue weighted by Crippen LogP contribution is 2.31. The average Bonchev–Trinajstić information content (AvgIpc) is 2.83. The van der Waals surface area contributed by atoms with E-state index < -0.39 is 0 Å². The monoisotopic (exact) mass is 386 g/mol. The topological polar surface area (TPSA) is 32.3 Å². The molecule has 1 aliphatic rings. The zero-order valence-electron chi connectivity index (χ0n) is 14.0. The number of carbonyl (C=O) groups excluding carboxylic acids is 1. The zero-order valence-corrected chi connectivity index (χ0v) is 15.6. The fourth-order valence-corrected chi connectivity index (χ4v) is 3.71. The van der Waals surface area contributed by atoms with E-state index in [1.54, 1.807) is 0 Å². The Morgan fingerprint density at radius 2 is 1.96 bits per heavy atom. The largest absolute Gasteiger partial charge is 0.322 e. The van der Waals surface area contributed by atoms with E-state index in [2.05, 4.69) is 52.4 Å². The number of amides is 2. The van der Waals surface area contributed by atoms with Crippen molar-refractivity contribution in [3.63, 3.8) is 0 Å². The summed E-state index contributed by atoms with van der Waals surface area (Å²) in [6, 6.07) is 16.4. The lowest BCUT2D eigenvalue weighted by molar-refractivity contribution is 0.189. The maximum Gasteiger partial charge on any atom is 0.322 e. The highest BCUT2D eigenvalue weighted by Gasteiger charge is 2.27. The average molecular weight is 387 g/mol. The van der Waals surface area contributed by atoms with Gasteiger partial charge < -0.3 is 10.2 Å². The van der Waals surface area contributed by atoms with Crippen LogP contribution >= 0.6 is 15.9 Å². The second kappa shape index (κ2) is 7.84. The van der Waals surface area contributed by atoms with Crippen molar-refractivity contribution in [3.05, 3.63) is 64.1 Å². The van der Waals surface area contributed by atoms with E-state index in [4.69, 9.17) is 0 Å². The van der Waals surface area contributed by atoms with Crippen LogP contribution in [0.2, 0.25) is 0 Å². The maximum atomic E-state index is 12.9. The molecule has 24 heavy (non-hydrogen) atoms. The maximum absolute atomic E-state index is 12.9. The lowest BCUT2D eigenvalue weighted by atomic mass is 9.99. The van der Waals surface area contributed by atoms with Crippen LogP contribution in [-0.2, 0) is 0 Å². The third-order valence-electron chi connectivity index (χ3n) is 4.56. The standard InChI is InChI=1S/C20H23BrN2O/c1-15-8-7-9-16(14-15)19-12-3-2-6-13-23(19)20(24)22-18-11-5-4-10-17(18)21/h4-5,7-11,14,19H,2-3,6,12-13H2,1H3,(H,22,24)/t19-/m1/s1. The van der Waals surface area contributed by atoms with Crippen LogP contribution in [0.25, 0.3) is 0 Å². The van der Waals surface area contributed by atoms with Gasteiger partial charge in [0.1, 0.15) is 0 Å². The Hall–Kier alpha value is -1.81. The molecule has 2 aromatic carbocycles. The van der Waals surface area contributed by atoms with Crippen LogP contribution in [0, 0.1) is 6.92 Å². The Kier molecular flexibility index (Phi) is 5.56. The van der Waals surface area contributed by atoms with Crippen molar-refractivity contribution < 1.29 is 4.79 Å². The number of urea groups is 1. The summed E-state index contributed by atoms with van der Waals surface area (Å²) in [6.45, 7) is 2.90. The van der Waals surface area contributed by atoms with Gasteiger partial charge in [-0.15, -0.1) is 0 Å². The van der Waals surface area contributed by atoms with E-state index in [0.29, 0.717) is 0 Å². The minimum atomic E-state index is -0.0182. The molecule has 126 valence electrons. The molecule has 1 atom stereocenters. The van der Waals surface area contributed by atoms with E-state index >= 15 is 0 Å². The molecule has 1 saturated heterocycles. The molecule has 0 bridgehead atoms. The number of para-hydroxylation sites is 1. The lowest BCUT2D eigenvalue weighted by Crippen LogP contribution is -2.38. The van der Waals surface area contributed by atoms with Gasteiger partial charge in [-0.3, -0.25) is 0 Å². The van der Waals surface area contributed by atoms with Gasteiger partial charge in [0.2, 0.25) is 0 Å². The van der Waals surface area contributed by atoms with Gasteiger partial charge in [-0.05, 0) is 53.4 Å². The van der Waals surface area contributed by atoms with Gasteiger partial charge in [-0.1, -0.05) is 54.8 Å². The Bertz CT molecular complexity index is 716. The molecule has 0 spiro atoms. The first-order valence-corrected chi connectivity index (χ1v) is 9.33. The molecule has 2 amide bonds. The van der Waals surface area contributed by atoms with Crippen LogP contribution in [0.5, 0.6) is 0 Å². The van der Waals surface area contributed by atoms with Crippen molar-refractivity contribution in [2.24, 2.45) is 0 Å². The Balaban J connectivity index is 1.84. The van der Waals surface area contributed by atoms with Gasteiger partial charge in [0, 0.05) is 11.0 Å². The van der Waals surface area contributed by atoms with Crippen LogP contribution in [0.1, 0.15) is 42.9 Å². The summed E-state index contributed by atoms with van der Waals surface area (Å²) in [5, 5.41) is 3.06. The first-order valence-electron chi connectivity index (χ1n) is 8.54. The Morgan fingerprint density at radius 1 is 1.12 bits per heavy atom. The molecule has 1 N–H and O–H groups in total. The number of nitrogens with one attached hydrogen (secondary N) is 1. The van der Waals surface area contributed by atoms with Gasteiger partial charge in [0.15, 0.2) is 0 Å². The lowest BCUT2D eigenvalue weighted by Gasteiger charge is -2.31. The summed E-state index contributed by atoms with van der Waals surface area (Å²) in [5.41, 5.74) is 3.29. The highest BCUT2D eigenvalue weighted by molar-refractivity contribution is 9.10. The van der Waals surface area contributed by atoms with Gasteiger partial charge in [0.05, 0.1) is 11.7 Å². The van der Waals surface area contributed by atoms with Crippen LogP contribution in [-0.4, -0.2) is 17.5 Å². The van der Waals surface area contributed by atoms with Crippen molar-refractivity contribution in [1.29, 1.82) is 0 Å². The number of anilines is 1. The predicted octanol–water partition coefficient (Wildman–Crippen LogP) is 5.91. The van der Waals surface area contributed by atoms with Gasteiger partial charge in [-0.25, -0.2) is 4.79 Å². The van der Waals surface area contributed by atoms with Crippen molar-refractivity contribution in [2.75, 3.05) is 11.9 Å². The molecule has 0 unspecified atom stereocenters. The van der Waals surface area contributed by atoms with E-state index in [0.717, 1.165) is 36.0 Å².